The SMILES string of the molecule is CC1CCC(NC(=O)NCCC(C)(C)CCC(=O)O)CC1. The fourth-order valence-corrected chi connectivity index (χ4v) is 2.73. The first-order valence-corrected chi connectivity index (χ1v) is 8.05. The van der Waals surface area contributed by atoms with Crippen molar-refractivity contribution in [1.29, 1.82) is 0 Å². The molecule has 0 aliphatic heterocycles. The summed E-state index contributed by atoms with van der Waals surface area (Å²) in [6.45, 7) is 6.92. The van der Waals surface area contributed by atoms with Crippen molar-refractivity contribution in [2.24, 2.45) is 11.3 Å². The summed E-state index contributed by atoms with van der Waals surface area (Å²) in [5.41, 5.74) is -0.0636. The van der Waals surface area contributed by atoms with Crippen molar-refractivity contribution in [3.63, 3.8) is 0 Å². The number of carboxylic acid groups (broad SMARTS) is 1. The summed E-state index contributed by atoms with van der Waals surface area (Å²) in [6, 6.07) is 0.213. The van der Waals surface area contributed by atoms with Gasteiger partial charge in [0.05, 0.1) is 0 Å². The molecule has 0 radical (unpaired) electrons. The van der Waals surface area contributed by atoms with Crippen LogP contribution in [0.25, 0.3) is 0 Å². The second kappa shape index (κ2) is 8.25. The third-order valence-electron chi connectivity index (χ3n) is 4.45. The molecule has 0 spiro atoms. The van der Waals surface area contributed by atoms with Crippen LogP contribution in [0.3, 0.4) is 0 Å². The first-order valence-electron chi connectivity index (χ1n) is 8.05. The Labute approximate surface area is 127 Å². The predicted molar refractivity (Wildman–Crippen MR) is 83.2 cm³/mol. The molecular formula is C16H30N2O3. The summed E-state index contributed by atoms with van der Waals surface area (Å²) in [6.07, 6.45) is 6.11. The van der Waals surface area contributed by atoms with E-state index in [1.165, 1.54) is 12.8 Å². The molecule has 0 aromatic heterocycles. The lowest BCUT2D eigenvalue weighted by Crippen LogP contribution is -2.44. The van der Waals surface area contributed by atoms with E-state index in [0.29, 0.717) is 19.0 Å². The van der Waals surface area contributed by atoms with Crippen molar-refractivity contribution in [2.45, 2.75) is 71.8 Å². The molecule has 3 N–H and O–H groups in total. The minimum absolute atomic E-state index is 0.0636. The molecule has 5 heteroatoms. The first-order chi connectivity index (χ1) is 9.78. The smallest absolute Gasteiger partial charge is 0.315 e. The standard InChI is InChI=1S/C16H30N2O3/c1-12-4-6-13(7-5-12)18-15(21)17-11-10-16(2,3)9-8-14(19)20/h12-13H,4-11H2,1-3H3,(H,19,20)(H2,17,18,21). The number of nitrogens with one attached hydrogen (secondary N) is 2. The summed E-state index contributed by atoms with van der Waals surface area (Å²) < 4.78 is 0. The van der Waals surface area contributed by atoms with Gasteiger partial charge in [0, 0.05) is 19.0 Å². The van der Waals surface area contributed by atoms with Crippen molar-refractivity contribution in [1.82, 2.24) is 10.6 Å². The molecule has 0 saturated heterocycles. The Hall–Kier alpha value is -1.26. The Morgan fingerprint density at radius 3 is 2.33 bits per heavy atom. The van der Waals surface area contributed by atoms with Crippen LogP contribution in [0, 0.1) is 11.3 Å². The van der Waals surface area contributed by atoms with E-state index < -0.39 is 5.97 Å². The normalized spacial score (nSPS) is 22.6. The molecule has 1 aliphatic carbocycles. The highest BCUT2D eigenvalue weighted by molar-refractivity contribution is 5.74. The van der Waals surface area contributed by atoms with Gasteiger partial charge in [0.25, 0.3) is 0 Å². The monoisotopic (exact) mass is 298 g/mol. The molecule has 21 heavy (non-hydrogen) atoms. The number of urea groups is 1. The maximum Gasteiger partial charge on any atom is 0.315 e. The Kier molecular flexibility index (Phi) is 6.99. The van der Waals surface area contributed by atoms with Gasteiger partial charge < -0.3 is 15.7 Å². The number of rotatable bonds is 7. The lowest BCUT2D eigenvalue weighted by Gasteiger charge is -2.27. The van der Waals surface area contributed by atoms with E-state index in [1.54, 1.807) is 0 Å². The zero-order valence-electron chi connectivity index (χ0n) is 13.6. The molecule has 0 aromatic rings. The van der Waals surface area contributed by atoms with Crippen molar-refractivity contribution >= 4 is 12.0 Å². The van der Waals surface area contributed by atoms with Gasteiger partial charge >= 0.3 is 12.0 Å². The van der Waals surface area contributed by atoms with Gasteiger partial charge in [-0.2, -0.15) is 0 Å². The summed E-state index contributed by atoms with van der Waals surface area (Å²) >= 11 is 0. The van der Waals surface area contributed by atoms with Gasteiger partial charge in [-0.15, -0.1) is 0 Å². The van der Waals surface area contributed by atoms with Crippen LogP contribution in [0.2, 0.25) is 0 Å². The quantitative estimate of drug-likeness (QED) is 0.675. The van der Waals surface area contributed by atoms with Crippen molar-refractivity contribution in [3.8, 4) is 0 Å². The number of hydrogen-bond donors (Lipinski definition) is 3. The second-order valence-corrected chi connectivity index (χ2v) is 7.16. The molecule has 0 unspecified atom stereocenters. The maximum atomic E-state index is 11.8. The van der Waals surface area contributed by atoms with Crippen molar-refractivity contribution < 1.29 is 14.7 Å². The van der Waals surface area contributed by atoms with Crippen LogP contribution in [0.1, 0.15) is 65.7 Å². The molecule has 1 fully saturated rings. The van der Waals surface area contributed by atoms with E-state index in [-0.39, 0.29) is 17.9 Å². The molecule has 2 amide bonds. The Morgan fingerprint density at radius 2 is 1.76 bits per heavy atom. The molecule has 0 heterocycles. The maximum absolute atomic E-state index is 11.8. The molecule has 5 nitrogen and oxygen atoms in total. The highest BCUT2D eigenvalue weighted by Gasteiger charge is 2.21. The van der Waals surface area contributed by atoms with Crippen LogP contribution in [-0.4, -0.2) is 29.7 Å². The summed E-state index contributed by atoms with van der Waals surface area (Å²) in [5, 5.41) is 14.6. The van der Waals surface area contributed by atoms with Crippen molar-refractivity contribution in [3.05, 3.63) is 0 Å². The van der Waals surface area contributed by atoms with Crippen LogP contribution >= 0.6 is 0 Å². The summed E-state index contributed by atoms with van der Waals surface area (Å²) in [5.74, 6) is 0.0152. The third-order valence-corrected chi connectivity index (χ3v) is 4.45. The number of hydrogen-bond acceptors (Lipinski definition) is 2. The topological polar surface area (TPSA) is 78.4 Å². The zero-order chi connectivity index (χ0) is 15.9. The van der Waals surface area contributed by atoms with E-state index in [9.17, 15) is 9.59 Å². The Balaban J connectivity index is 2.16. The minimum atomic E-state index is -0.764. The van der Waals surface area contributed by atoms with E-state index in [0.717, 1.165) is 25.2 Å². The van der Waals surface area contributed by atoms with Gasteiger partial charge in [-0.25, -0.2) is 4.79 Å². The van der Waals surface area contributed by atoms with Crippen LogP contribution in [0.15, 0.2) is 0 Å². The van der Waals surface area contributed by atoms with Crippen LogP contribution in [-0.2, 0) is 4.79 Å². The number of amides is 2. The van der Waals surface area contributed by atoms with Crippen LogP contribution in [0.5, 0.6) is 0 Å². The summed E-state index contributed by atoms with van der Waals surface area (Å²) in [7, 11) is 0. The Bertz CT molecular complexity index is 347. The van der Waals surface area contributed by atoms with E-state index in [2.05, 4.69) is 17.6 Å². The average Bonchev–Trinajstić information content (AvgIpc) is 2.39. The van der Waals surface area contributed by atoms with Crippen LogP contribution < -0.4 is 10.6 Å². The molecule has 1 saturated carbocycles. The fourth-order valence-electron chi connectivity index (χ4n) is 2.73. The lowest BCUT2D eigenvalue weighted by atomic mass is 9.84. The molecule has 1 rings (SSSR count). The van der Waals surface area contributed by atoms with Gasteiger partial charge in [-0.05, 0) is 49.9 Å². The minimum Gasteiger partial charge on any atom is -0.481 e. The molecule has 122 valence electrons. The number of carboxylic acids is 1. The van der Waals surface area contributed by atoms with E-state index in [1.807, 2.05) is 13.8 Å². The van der Waals surface area contributed by atoms with Crippen LogP contribution in [0.4, 0.5) is 4.79 Å². The number of aliphatic carboxylic acids is 1. The zero-order valence-corrected chi connectivity index (χ0v) is 13.6. The van der Waals surface area contributed by atoms with E-state index in [4.69, 9.17) is 5.11 Å². The highest BCUT2D eigenvalue weighted by Crippen LogP contribution is 2.26. The summed E-state index contributed by atoms with van der Waals surface area (Å²) in [4.78, 5) is 22.4. The molecule has 0 bridgehead atoms. The van der Waals surface area contributed by atoms with E-state index >= 15 is 0 Å². The molecule has 0 aromatic carbocycles. The second-order valence-electron chi connectivity index (χ2n) is 7.16. The van der Waals surface area contributed by atoms with Gasteiger partial charge in [-0.3, -0.25) is 4.79 Å². The molecule has 1 aliphatic rings. The van der Waals surface area contributed by atoms with Gasteiger partial charge in [0.15, 0.2) is 0 Å². The number of carbonyl (C=O) groups excluding carboxylic acids is 1. The van der Waals surface area contributed by atoms with Gasteiger partial charge in [0.1, 0.15) is 0 Å². The molecule has 0 atom stereocenters. The molecular weight excluding hydrogens is 268 g/mol. The predicted octanol–water partition coefficient (Wildman–Crippen LogP) is 3.15. The Morgan fingerprint density at radius 1 is 1.14 bits per heavy atom. The largest absolute Gasteiger partial charge is 0.481 e. The van der Waals surface area contributed by atoms with Crippen molar-refractivity contribution in [2.75, 3.05) is 6.54 Å². The lowest BCUT2D eigenvalue weighted by molar-refractivity contribution is -0.137. The van der Waals surface area contributed by atoms with Gasteiger partial charge in [0.2, 0.25) is 0 Å². The third kappa shape index (κ3) is 7.93. The van der Waals surface area contributed by atoms with Gasteiger partial charge in [-0.1, -0.05) is 20.8 Å². The highest BCUT2D eigenvalue weighted by atomic mass is 16.4. The average molecular weight is 298 g/mol. The number of carbonyl (C=O) groups is 2. The fraction of sp³-hybridized carbons (Fsp3) is 0.875. The first kappa shape index (κ1) is 17.8.